The summed E-state index contributed by atoms with van der Waals surface area (Å²) >= 11 is 2.95. The Morgan fingerprint density at radius 2 is 1.71 bits per heavy atom. The fourth-order valence-electron chi connectivity index (χ4n) is 4.95. The number of carboxylic acids is 1. The summed E-state index contributed by atoms with van der Waals surface area (Å²) in [6, 6.07) is 19.1. The van der Waals surface area contributed by atoms with Crippen molar-refractivity contribution < 1.29 is 24.4 Å². The number of benzene rings is 3. The van der Waals surface area contributed by atoms with Crippen molar-refractivity contribution in [3.05, 3.63) is 88.0 Å². The SMILES string of the molecule is CCC(C)C(CN(CC(=O)NC(CCSC)C(=O)O)Cc1cccc2ccccc12)NC(=O)CSCc1ccc([N+](=O)[O-])cc1. The van der Waals surface area contributed by atoms with Gasteiger partial charge < -0.3 is 15.7 Å². The molecule has 0 spiro atoms. The number of nitro benzene ring substituents is 1. The molecule has 0 saturated carbocycles. The maximum Gasteiger partial charge on any atom is 0.326 e. The molecular weight excluding hydrogens is 613 g/mol. The molecule has 0 aromatic heterocycles. The molecule has 10 nitrogen and oxygen atoms in total. The van der Waals surface area contributed by atoms with Crippen LogP contribution in [0.15, 0.2) is 66.7 Å². The van der Waals surface area contributed by atoms with E-state index >= 15 is 0 Å². The van der Waals surface area contributed by atoms with E-state index in [2.05, 4.69) is 24.5 Å². The minimum Gasteiger partial charge on any atom is -0.480 e. The van der Waals surface area contributed by atoms with Crippen LogP contribution in [0, 0.1) is 16.0 Å². The average Bonchev–Trinajstić information content (AvgIpc) is 3.02. The molecule has 3 rings (SSSR count). The molecule has 2 amide bonds. The van der Waals surface area contributed by atoms with Gasteiger partial charge in [0.1, 0.15) is 6.04 Å². The fraction of sp³-hybridized carbons (Fsp3) is 0.424. The molecule has 242 valence electrons. The molecule has 0 heterocycles. The zero-order chi connectivity index (χ0) is 32.8. The Balaban J connectivity index is 1.73. The Morgan fingerprint density at radius 3 is 2.38 bits per heavy atom. The zero-order valence-corrected chi connectivity index (χ0v) is 27.6. The van der Waals surface area contributed by atoms with Crippen LogP contribution in [0.5, 0.6) is 0 Å². The Bertz CT molecular complexity index is 1430. The Hall–Kier alpha value is -3.61. The van der Waals surface area contributed by atoms with E-state index in [0.29, 0.717) is 31.0 Å². The Labute approximate surface area is 272 Å². The summed E-state index contributed by atoms with van der Waals surface area (Å²) in [4.78, 5) is 50.5. The lowest BCUT2D eigenvalue weighted by Gasteiger charge is -2.31. The third-order valence-electron chi connectivity index (χ3n) is 7.67. The van der Waals surface area contributed by atoms with E-state index < -0.39 is 16.9 Å². The molecule has 0 radical (unpaired) electrons. The number of hydrogen-bond acceptors (Lipinski definition) is 8. The van der Waals surface area contributed by atoms with Crippen LogP contribution in [-0.4, -0.2) is 75.6 Å². The molecule has 3 N–H and O–H groups in total. The highest BCUT2D eigenvalue weighted by Gasteiger charge is 2.25. The van der Waals surface area contributed by atoms with E-state index in [9.17, 15) is 29.6 Å². The first kappa shape index (κ1) is 35.9. The normalized spacial score (nSPS) is 13.2. The number of aliphatic carboxylic acids is 1. The summed E-state index contributed by atoms with van der Waals surface area (Å²) in [7, 11) is 0. The van der Waals surface area contributed by atoms with Crippen molar-refractivity contribution in [2.24, 2.45) is 5.92 Å². The quantitative estimate of drug-likeness (QED) is 0.115. The summed E-state index contributed by atoms with van der Waals surface area (Å²) in [6.45, 7) is 4.93. The molecular formula is C33H42N4O6S2. The molecule has 3 aromatic carbocycles. The number of carbonyl (C=O) groups is 3. The molecule has 0 aliphatic heterocycles. The van der Waals surface area contributed by atoms with Crippen molar-refractivity contribution in [1.29, 1.82) is 0 Å². The van der Waals surface area contributed by atoms with Crippen LogP contribution in [0.25, 0.3) is 10.8 Å². The number of non-ortho nitro benzene ring substituents is 1. The molecule has 0 aliphatic rings. The van der Waals surface area contributed by atoms with Gasteiger partial charge in [-0.3, -0.25) is 24.6 Å². The van der Waals surface area contributed by atoms with Crippen LogP contribution in [0.2, 0.25) is 0 Å². The number of nitrogens with one attached hydrogen (secondary N) is 2. The Morgan fingerprint density at radius 1 is 1.00 bits per heavy atom. The van der Waals surface area contributed by atoms with E-state index in [4.69, 9.17) is 0 Å². The van der Waals surface area contributed by atoms with Gasteiger partial charge in [-0.2, -0.15) is 11.8 Å². The number of rotatable bonds is 19. The maximum atomic E-state index is 13.2. The van der Waals surface area contributed by atoms with E-state index in [0.717, 1.165) is 28.3 Å². The van der Waals surface area contributed by atoms with Gasteiger partial charge >= 0.3 is 5.97 Å². The minimum atomic E-state index is -1.06. The highest BCUT2D eigenvalue weighted by molar-refractivity contribution is 7.99. The van der Waals surface area contributed by atoms with Crippen LogP contribution in [-0.2, 0) is 26.7 Å². The van der Waals surface area contributed by atoms with E-state index in [1.807, 2.05) is 53.6 Å². The number of nitrogens with zero attached hydrogens (tertiary/aromatic N) is 2. The first-order valence-corrected chi connectivity index (χ1v) is 17.5. The molecule has 3 atom stereocenters. The van der Waals surface area contributed by atoms with Gasteiger partial charge in [-0.05, 0) is 46.2 Å². The lowest BCUT2D eigenvalue weighted by atomic mass is 9.97. The molecule has 3 unspecified atom stereocenters. The van der Waals surface area contributed by atoms with Crippen molar-refractivity contribution >= 4 is 57.8 Å². The van der Waals surface area contributed by atoms with Gasteiger partial charge in [0.2, 0.25) is 11.8 Å². The molecule has 0 fully saturated rings. The summed E-state index contributed by atoms with van der Waals surface area (Å²) in [5.74, 6) is -0.103. The van der Waals surface area contributed by atoms with Gasteiger partial charge in [0.15, 0.2) is 0 Å². The number of nitro groups is 1. The largest absolute Gasteiger partial charge is 0.480 e. The standard InChI is InChI=1S/C33H42N4O6S2/c1-4-23(2)30(35-32(39)22-45-21-24-12-14-27(15-13-24)37(42)43)19-36(20-31(38)34-29(33(40)41)16-17-44-3)18-26-10-7-9-25-8-5-6-11-28(25)26/h5-15,23,29-30H,4,16-22H2,1-3H3,(H,34,38)(H,35,39)(H,40,41). The van der Waals surface area contributed by atoms with E-state index in [-0.39, 0.29) is 41.8 Å². The number of amides is 2. The third kappa shape index (κ3) is 11.7. The summed E-state index contributed by atoms with van der Waals surface area (Å²) in [5, 5.41) is 28.6. The number of fused-ring (bicyclic) bond motifs is 1. The second-order valence-corrected chi connectivity index (χ2v) is 13.0. The molecule has 0 saturated heterocycles. The fourth-order valence-corrected chi connectivity index (χ4v) is 6.22. The van der Waals surface area contributed by atoms with Crippen molar-refractivity contribution in [2.45, 2.75) is 51.1 Å². The smallest absolute Gasteiger partial charge is 0.326 e. The number of thioether (sulfide) groups is 2. The van der Waals surface area contributed by atoms with Crippen LogP contribution in [0.3, 0.4) is 0 Å². The van der Waals surface area contributed by atoms with Crippen LogP contribution in [0.1, 0.15) is 37.8 Å². The van der Waals surface area contributed by atoms with Crippen LogP contribution >= 0.6 is 23.5 Å². The molecule has 3 aromatic rings. The van der Waals surface area contributed by atoms with Crippen molar-refractivity contribution in [3.63, 3.8) is 0 Å². The molecule has 12 heteroatoms. The van der Waals surface area contributed by atoms with Gasteiger partial charge in [0.25, 0.3) is 5.69 Å². The zero-order valence-electron chi connectivity index (χ0n) is 25.9. The first-order chi connectivity index (χ1) is 21.6. The number of carboxylic acid groups (broad SMARTS) is 1. The van der Waals surface area contributed by atoms with Gasteiger partial charge in [0.05, 0.1) is 17.2 Å². The average molecular weight is 655 g/mol. The van der Waals surface area contributed by atoms with Crippen molar-refractivity contribution in [1.82, 2.24) is 15.5 Å². The van der Waals surface area contributed by atoms with E-state index in [1.54, 1.807) is 12.1 Å². The summed E-state index contributed by atoms with van der Waals surface area (Å²) < 4.78 is 0. The van der Waals surface area contributed by atoms with Gasteiger partial charge in [-0.15, -0.1) is 11.8 Å². The van der Waals surface area contributed by atoms with E-state index in [1.165, 1.54) is 35.7 Å². The molecule has 45 heavy (non-hydrogen) atoms. The van der Waals surface area contributed by atoms with Gasteiger partial charge in [-0.1, -0.05) is 74.9 Å². The maximum absolute atomic E-state index is 13.2. The molecule has 0 bridgehead atoms. The van der Waals surface area contributed by atoms with Crippen molar-refractivity contribution in [3.8, 4) is 0 Å². The lowest BCUT2D eigenvalue weighted by Crippen LogP contribution is -2.51. The summed E-state index contributed by atoms with van der Waals surface area (Å²) in [5.41, 5.74) is 1.95. The minimum absolute atomic E-state index is 0.0238. The monoisotopic (exact) mass is 654 g/mol. The predicted octanol–water partition coefficient (Wildman–Crippen LogP) is 5.34. The summed E-state index contributed by atoms with van der Waals surface area (Å²) in [6.07, 6.45) is 3.03. The third-order valence-corrected chi connectivity index (χ3v) is 9.31. The molecule has 0 aliphatic carbocycles. The highest BCUT2D eigenvalue weighted by atomic mass is 32.2. The first-order valence-electron chi connectivity index (χ1n) is 14.9. The number of hydrogen-bond donors (Lipinski definition) is 3. The van der Waals surface area contributed by atoms with Crippen LogP contribution < -0.4 is 10.6 Å². The topological polar surface area (TPSA) is 142 Å². The second kappa shape index (κ2) is 18.4. The van der Waals surface area contributed by atoms with Crippen LogP contribution in [0.4, 0.5) is 5.69 Å². The highest BCUT2D eigenvalue weighted by Crippen LogP contribution is 2.22. The second-order valence-electron chi connectivity index (χ2n) is 11.0. The lowest BCUT2D eigenvalue weighted by molar-refractivity contribution is -0.384. The predicted molar refractivity (Wildman–Crippen MR) is 182 cm³/mol. The number of carbonyl (C=O) groups excluding carboxylic acids is 2. The Kier molecular flexibility index (Phi) is 14.6. The van der Waals surface area contributed by atoms with Gasteiger partial charge in [0, 0.05) is 37.0 Å². The van der Waals surface area contributed by atoms with Gasteiger partial charge in [-0.25, -0.2) is 4.79 Å². The van der Waals surface area contributed by atoms with Crippen molar-refractivity contribution in [2.75, 3.05) is 30.9 Å².